The Labute approximate surface area is 83.3 Å². The van der Waals surface area contributed by atoms with Crippen molar-refractivity contribution in [3.8, 4) is 0 Å². The van der Waals surface area contributed by atoms with Gasteiger partial charge in [0.15, 0.2) is 0 Å². The second-order valence-electron chi connectivity index (χ2n) is 3.12. The number of benzene rings is 1. The van der Waals surface area contributed by atoms with E-state index < -0.39 is 0 Å². The molecule has 2 heterocycles. The van der Waals surface area contributed by atoms with Crippen molar-refractivity contribution in [1.82, 2.24) is 15.4 Å². The Hall–Kier alpha value is -2.30. The number of hydrogen-bond acceptors (Lipinski definition) is 5. The van der Waals surface area contributed by atoms with E-state index in [1.165, 1.54) is 12.3 Å². The van der Waals surface area contributed by atoms with Gasteiger partial charge < -0.3 is 4.52 Å². The molecule has 0 aliphatic heterocycles. The standard InChI is InChI=1S/C10H5N3O2/c14-9-4-2-6-1-3-8-7(10(6)11-9)5-15-13-12-8/h1-5H. The van der Waals surface area contributed by atoms with Crippen molar-refractivity contribution in [2.45, 2.75) is 0 Å². The molecular formula is C10H5N3O2. The summed E-state index contributed by atoms with van der Waals surface area (Å²) in [6.07, 6.45) is 1.44. The maximum atomic E-state index is 11.1. The SMILES string of the molecule is O=c1ccc2ccc3nnocc3c2n1. The van der Waals surface area contributed by atoms with Crippen molar-refractivity contribution in [2.24, 2.45) is 0 Å². The minimum absolute atomic E-state index is 0.271. The van der Waals surface area contributed by atoms with E-state index in [2.05, 4.69) is 15.4 Å². The van der Waals surface area contributed by atoms with Gasteiger partial charge in [-0.25, -0.2) is 4.98 Å². The summed E-state index contributed by atoms with van der Waals surface area (Å²) in [6, 6.07) is 6.82. The van der Waals surface area contributed by atoms with Crippen molar-refractivity contribution in [3.63, 3.8) is 0 Å². The molecule has 0 unspecified atom stereocenters. The summed E-state index contributed by atoms with van der Waals surface area (Å²) in [5.41, 5.74) is 0.984. The van der Waals surface area contributed by atoms with Gasteiger partial charge in [0, 0.05) is 16.7 Å². The Balaban J connectivity index is 2.63. The summed E-state index contributed by atoms with van der Waals surface area (Å²) in [5.74, 6) is 0. The maximum Gasteiger partial charge on any atom is 0.270 e. The highest BCUT2D eigenvalue weighted by Gasteiger charge is 2.03. The minimum atomic E-state index is -0.271. The fourth-order valence-corrected chi connectivity index (χ4v) is 1.53. The molecule has 0 N–H and O–H groups in total. The molecule has 5 heteroatoms. The third-order valence-electron chi connectivity index (χ3n) is 2.22. The number of fused-ring (bicyclic) bond motifs is 3. The van der Waals surface area contributed by atoms with E-state index >= 15 is 0 Å². The van der Waals surface area contributed by atoms with Crippen molar-refractivity contribution >= 4 is 21.8 Å². The van der Waals surface area contributed by atoms with E-state index in [-0.39, 0.29) is 5.56 Å². The number of hydrogen-bond donors (Lipinski definition) is 0. The van der Waals surface area contributed by atoms with Gasteiger partial charge >= 0.3 is 0 Å². The average Bonchev–Trinajstić information content (AvgIpc) is 2.29. The first-order valence-electron chi connectivity index (χ1n) is 4.35. The minimum Gasteiger partial charge on any atom is -0.346 e. The van der Waals surface area contributed by atoms with Gasteiger partial charge in [-0.05, 0) is 12.1 Å². The summed E-state index contributed by atoms with van der Waals surface area (Å²) in [6.45, 7) is 0. The third-order valence-corrected chi connectivity index (χ3v) is 2.22. The van der Waals surface area contributed by atoms with Crippen LogP contribution >= 0.6 is 0 Å². The fourth-order valence-electron chi connectivity index (χ4n) is 1.53. The average molecular weight is 199 g/mol. The van der Waals surface area contributed by atoms with Crippen molar-refractivity contribution in [2.75, 3.05) is 0 Å². The van der Waals surface area contributed by atoms with Crippen molar-refractivity contribution < 1.29 is 4.52 Å². The lowest BCUT2D eigenvalue weighted by atomic mass is 10.1. The molecule has 0 aliphatic rings. The molecule has 3 aromatic rings. The molecule has 2 aromatic heterocycles. The summed E-state index contributed by atoms with van der Waals surface area (Å²) in [4.78, 5) is 15.1. The van der Waals surface area contributed by atoms with Crippen LogP contribution in [0, 0.1) is 0 Å². The number of nitrogens with zero attached hydrogens (tertiary/aromatic N) is 3. The first-order chi connectivity index (χ1) is 7.34. The monoisotopic (exact) mass is 199 g/mol. The van der Waals surface area contributed by atoms with E-state index in [1.807, 2.05) is 12.1 Å². The van der Waals surface area contributed by atoms with Gasteiger partial charge in [0.25, 0.3) is 5.56 Å². The van der Waals surface area contributed by atoms with Gasteiger partial charge in [0.2, 0.25) is 0 Å². The first kappa shape index (κ1) is 8.05. The highest BCUT2D eigenvalue weighted by Crippen LogP contribution is 2.19. The Bertz CT molecular complexity index is 705. The predicted molar refractivity (Wildman–Crippen MR) is 53.4 cm³/mol. The molecule has 0 bridgehead atoms. The molecule has 0 aliphatic carbocycles. The normalized spacial score (nSPS) is 10.9. The molecule has 0 atom stereocenters. The van der Waals surface area contributed by atoms with Crippen molar-refractivity contribution in [3.05, 3.63) is 40.9 Å². The van der Waals surface area contributed by atoms with Crippen LogP contribution in [0.15, 0.2) is 39.8 Å². The second kappa shape index (κ2) is 2.84. The van der Waals surface area contributed by atoms with E-state index in [0.29, 0.717) is 16.4 Å². The highest BCUT2D eigenvalue weighted by molar-refractivity contribution is 6.02. The lowest BCUT2D eigenvalue weighted by molar-refractivity contribution is 0.369. The molecule has 0 saturated heterocycles. The molecule has 3 rings (SSSR count). The molecule has 0 radical (unpaired) electrons. The Kier molecular flexibility index (Phi) is 1.53. The topological polar surface area (TPSA) is 68.9 Å². The summed E-state index contributed by atoms with van der Waals surface area (Å²) in [7, 11) is 0. The first-order valence-corrected chi connectivity index (χ1v) is 4.35. The smallest absolute Gasteiger partial charge is 0.270 e. The predicted octanol–water partition coefficient (Wildman–Crippen LogP) is 1.13. The van der Waals surface area contributed by atoms with Gasteiger partial charge in [-0.15, -0.1) is 5.10 Å². The summed E-state index contributed by atoms with van der Waals surface area (Å²) < 4.78 is 4.74. The molecule has 0 saturated carbocycles. The molecule has 15 heavy (non-hydrogen) atoms. The van der Waals surface area contributed by atoms with Crippen LogP contribution in [-0.2, 0) is 0 Å². The van der Waals surface area contributed by atoms with Crippen LogP contribution in [0.4, 0.5) is 0 Å². The van der Waals surface area contributed by atoms with Crippen LogP contribution in [0.5, 0.6) is 0 Å². The van der Waals surface area contributed by atoms with Gasteiger partial charge in [-0.1, -0.05) is 6.07 Å². The molecule has 72 valence electrons. The highest BCUT2D eigenvalue weighted by atomic mass is 16.5. The lowest BCUT2D eigenvalue weighted by Gasteiger charge is -1.98. The molecule has 0 fully saturated rings. The maximum absolute atomic E-state index is 11.1. The van der Waals surface area contributed by atoms with E-state index in [0.717, 1.165) is 5.39 Å². The van der Waals surface area contributed by atoms with Gasteiger partial charge in [0.1, 0.15) is 11.8 Å². The van der Waals surface area contributed by atoms with Crippen LogP contribution in [0.3, 0.4) is 0 Å². The van der Waals surface area contributed by atoms with E-state index in [1.54, 1.807) is 6.07 Å². The van der Waals surface area contributed by atoms with Crippen LogP contribution in [-0.4, -0.2) is 15.4 Å². The molecular weight excluding hydrogens is 194 g/mol. The van der Waals surface area contributed by atoms with E-state index in [9.17, 15) is 4.79 Å². The van der Waals surface area contributed by atoms with Crippen LogP contribution in [0.25, 0.3) is 21.8 Å². The Morgan fingerprint density at radius 3 is 2.93 bits per heavy atom. The van der Waals surface area contributed by atoms with Crippen LogP contribution in [0.2, 0.25) is 0 Å². The van der Waals surface area contributed by atoms with E-state index in [4.69, 9.17) is 4.52 Å². The lowest BCUT2D eigenvalue weighted by Crippen LogP contribution is -2.02. The second-order valence-corrected chi connectivity index (χ2v) is 3.12. The van der Waals surface area contributed by atoms with Gasteiger partial charge in [0.05, 0.1) is 10.9 Å². The zero-order chi connectivity index (χ0) is 10.3. The number of aromatic nitrogens is 3. The molecule has 1 aromatic carbocycles. The zero-order valence-corrected chi connectivity index (χ0v) is 7.54. The summed E-state index contributed by atoms with van der Waals surface area (Å²) >= 11 is 0. The largest absolute Gasteiger partial charge is 0.346 e. The summed E-state index contributed by atoms with van der Waals surface area (Å²) in [5, 5.41) is 8.79. The zero-order valence-electron chi connectivity index (χ0n) is 7.54. The number of rotatable bonds is 0. The van der Waals surface area contributed by atoms with Crippen LogP contribution in [0.1, 0.15) is 0 Å². The molecule has 0 amide bonds. The molecule has 5 nitrogen and oxygen atoms in total. The Morgan fingerprint density at radius 2 is 2.00 bits per heavy atom. The van der Waals surface area contributed by atoms with Crippen LogP contribution < -0.4 is 5.56 Å². The Morgan fingerprint density at radius 1 is 1.13 bits per heavy atom. The molecule has 0 spiro atoms. The van der Waals surface area contributed by atoms with Crippen molar-refractivity contribution in [1.29, 1.82) is 0 Å². The third kappa shape index (κ3) is 1.17. The fraction of sp³-hybridized carbons (Fsp3) is 0. The number of pyridine rings is 1. The quantitative estimate of drug-likeness (QED) is 0.507. The van der Waals surface area contributed by atoms with Gasteiger partial charge in [-0.3, -0.25) is 4.79 Å². The van der Waals surface area contributed by atoms with Gasteiger partial charge in [-0.2, -0.15) is 0 Å².